The minimum Gasteiger partial charge on any atom is -0.412 e. The number of benzene rings is 1. The molecule has 0 aliphatic carbocycles. The molecule has 0 saturated heterocycles. The van der Waals surface area contributed by atoms with Gasteiger partial charge in [-0.25, -0.2) is 14.2 Å². The number of aromatic nitrogens is 1. The smallest absolute Gasteiger partial charge is 0.325 e. The van der Waals surface area contributed by atoms with Crippen molar-refractivity contribution in [2.24, 2.45) is 0 Å². The van der Waals surface area contributed by atoms with Crippen LogP contribution < -0.4 is 10.6 Å². The van der Waals surface area contributed by atoms with Gasteiger partial charge in [0.25, 0.3) is 0 Å². The summed E-state index contributed by atoms with van der Waals surface area (Å²) in [5, 5.41) is 7.08. The molecule has 0 aliphatic heterocycles. The molecule has 90 valence electrons. The zero-order valence-electron chi connectivity index (χ0n) is 8.61. The summed E-state index contributed by atoms with van der Waals surface area (Å²) in [5.74, 6) is -0.475. The molecule has 0 spiro atoms. The molecular formula is C10H10FN3O2S. The highest BCUT2D eigenvalue weighted by Crippen LogP contribution is 2.14. The normalized spacial score (nSPS) is 9.24. The number of hydrogen-bond acceptors (Lipinski definition) is 3. The average Bonchev–Trinajstić information content (AvgIpc) is 2.74. The zero-order chi connectivity index (χ0) is 11.4. The Balaban J connectivity index is 0.00000144. The van der Waals surface area contributed by atoms with E-state index in [4.69, 9.17) is 0 Å². The topological polar surface area (TPSA) is 85.5 Å². The Morgan fingerprint density at radius 2 is 2.06 bits per heavy atom. The Bertz CT molecular complexity index is 490. The van der Waals surface area contributed by atoms with E-state index in [1.807, 2.05) is 0 Å². The van der Waals surface area contributed by atoms with Gasteiger partial charge in [0.15, 0.2) is 5.13 Å². The molecule has 0 fully saturated rings. The molecule has 1 heterocycles. The largest absolute Gasteiger partial charge is 0.412 e. The van der Waals surface area contributed by atoms with E-state index in [9.17, 15) is 9.18 Å². The van der Waals surface area contributed by atoms with Gasteiger partial charge in [-0.1, -0.05) is 12.1 Å². The molecule has 0 radical (unpaired) electrons. The molecule has 17 heavy (non-hydrogen) atoms. The van der Waals surface area contributed by atoms with Gasteiger partial charge >= 0.3 is 6.03 Å². The maximum atomic E-state index is 13.2. The monoisotopic (exact) mass is 255 g/mol. The van der Waals surface area contributed by atoms with E-state index in [1.165, 1.54) is 23.5 Å². The number of anilines is 2. The highest BCUT2D eigenvalue weighted by atomic mass is 32.1. The number of hydrogen-bond donors (Lipinski definition) is 2. The summed E-state index contributed by atoms with van der Waals surface area (Å²) < 4.78 is 13.2. The molecule has 1 aromatic carbocycles. The van der Waals surface area contributed by atoms with Crippen LogP contribution in [0.2, 0.25) is 0 Å². The first-order chi connectivity index (χ1) is 7.75. The van der Waals surface area contributed by atoms with E-state index in [1.54, 1.807) is 23.7 Å². The second-order valence-electron chi connectivity index (χ2n) is 2.90. The fourth-order valence-electron chi connectivity index (χ4n) is 1.10. The van der Waals surface area contributed by atoms with E-state index >= 15 is 0 Å². The van der Waals surface area contributed by atoms with Crippen molar-refractivity contribution in [3.05, 3.63) is 41.7 Å². The highest BCUT2D eigenvalue weighted by molar-refractivity contribution is 7.13. The number of nitrogens with one attached hydrogen (secondary N) is 2. The molecule has 0 aliphatic rings. The van der Waals surface area contributed by atoms with Crippen LogP contribution >= 0.6 is 11.3 Å². The summed E-state index contributed by atoms with van der Waals surface area (Å²) in [7, 11) is 0. The Labute approximate surface area is 101 Å². The first-order valence-corrected chi connectivity index (χ1v) is 5.36. The van der Waals surface area contributed by atoms with Crippen molar-refractivity contribution in [1.82, 2.24) is 4.98 Å². The van der Waals surface area contributed by atoms with Crippen LogP contribution in [0.15, 0.2) is 35.8 Å². The number of carbonyl (C=O) groups is 1. The van der Waals surface area contributed by atoms with Gasteiger partial charge in [0.1, 0.15) is 5.82 Å². The molecule has 5 nitrogen and oxygen atoms in total. The maximum Gasteiger partial charge on any atom is 0.325 e. The zero-order valence-corrected chi connectivity index (χ0v) is 9.42. The maximum absolute atomic E-state index is 13.2. The van der Waals surface area contributed by atoms with Crippen molar-refractivity contribution in [3.8, 4) is 0 Å². The lowest BCUT2D eigenvalue weighted by Crippen LogP contribution is -2.19. The van der Waals surface area contributed by atoms with Gasteiger partial charge in [0.2, 0.25) is 0 Å². The summed E-state index contributed by atoms with van der Waals surface area (Å²) in [5.41, 5.74) is 0.136. The van der Waals surface area contributed by atoms with Crippen LogP contribution in [0.5, 0.6) is 0 Å². The molecule has 0 bridgehead atoms. The second-order valence-corrected chi connectivity index (χ2v) is 3.79. The molecule has 1 aromatic heterocycles. The lowest BCUT2D eigenvalue weighted by atomic mass is 10.3. The molecular weight excluding hydrogens is 245 g/mol. The van der Waals surface area contributed by atoms with E-state index in [0.29, 0.717) is 5.13 Å². The van der Waals surface area contributed by atoms with Gasteiger partial charge in [-0.15, -0.1) is 11.3 Å². The summed E-state index contributed by atoms with van der Waals surface area (Å²) in [6.07, 6.45) is 1.57. The van der Waals surface area contributed by atoms with Crippen molar-refractivity contribution in [3.63, 3.8) is 0 Å². The van der Waals surface area contributed by atoms with Crippen molar-refractivity contribution < 1.29 is 14.7 Å². The molecule has 2 aromatic rings. The minimum absolute atomic E-state index is 0. The second kappa shape index (κ2) is 5.92. The van der Waals surface area contributed by atoms with Gasteiger partial charge < -0.3 is 10.8 Å². The fraction of sp³-hybridized carbons (Fsp3) is 0. The van der Waals surface area contributed by atoms with Crippen LogP contribution in [0.25, 0.3) is 0 Å². The third-order valence-electron chi connectivity index (χ3n) is 1.77. The predicted octanol–water partition coefficient (Wildman–Crippen LogP) is 2.10. The van der Waals surface area contributed by atoms with E-state index in [2.05, 4.69) is 15.6 Å². The third-order valence-corrected chi connectivity index (χ3v) is 2.46. The number of urea groups is 1. The summed E-state index contributed by atoms with van der Waals surface area (Å²) >= 11 is 1.29. The minimum atomic E-state index is -0.514. The first kappa shape index (κ1) is 13.1. The Morgan fingerprint density at radius 1 is 1.29 bits per heavy atom. The summed E-state index contributed by atoms with van der Waals surface area (Å²) in [6, 6.07) is 5.44. The lowest BCUT2D eigenvalue weighted by molar-refractivity contribution is 0.262. The number of carbonyl (C=O) groups excluding carboxylic acids is 1. The van der Waals surface area contributed by atoms with Crippen LogP contribution in [0.1, 0.15) is 0 Å². The quantitative estimate of drug-likeness (QED) is 0.861. The molecule has 0 atom stereocenters. The number of rotatable bonds is 2. The van der Waals surface area contributed by atoms with Gasteiger partial charge in [-0.3, -0.25) is 5.32 Å². The number of halogens is 1. The van der Waals surface area contributed by atoms with Gasteiger partial charge in [-0.2, -0.15) is 0 Å². The third kappa shape index (κ3) is 3.51. The van der Waals surface area contributed by atoms with Crippen molar-refractivity contribution >= 4 is 28.2 Å². The fourth-order valence-corrected chi connectivity index (χ4v) is 1.62. The van der Waals surface area contributed by atoms with Crippen LogP contribution in [-0.2, 0) is 0 Å². The SMILES string of the molecule is O.O=C(Nc1nccs1)Nc1ccccc1F. The van der Waals surface area contributed by atoms with Gasteiger partial charge in [-0.05, 0) is 12.1 Å². The molecule has 7 heteroatoms. The van der Waals surface area contributed by atoms with E-state index in [-0.39, 0.29) is 11.2 Å². The average molecular weight is 255 g/mol. The summed E-state index contributed by atoms with van der Waals surface area (Å²) in [6.45, 7) is 0. The Kier molecular flexibility index (Phi) is 4.56. The van der Waals surface area contributed by atoms with E-state index in [0.717, 1.165) is 0 Å². The molecule has 2 rings (SSSR count). The van der Waals surface area contributed by atoms with Crippen molar-refractivity contribution in [2.45, 2.75) is 0 Å². The van der Waals surface area contributed by atoms with Crippen LogP contribution in [-0.4, -0.2) is 16.5 Å². The van der Waals surface area contributed by atoms with Crippen LogP contribution in [0.3, 0.4) is 0 Å². The number of para-hydroxylation sites is 1. The molecule has 4 N–H and O–H groups in total. The van der Waals surface area contributed by atoms with Gasteiger partial charge in [0.05, 0.1) is 5.69 Å². The van der Waals surface area contributed by atoms with E-state index < -0.39 is 11.8 Å². The number of nitrogens with zero attached hydrogens (tertiary/aromatic N) is 1. The Morgan fingerprint density at radius 3 is 2.71 bits per heavy atom. The standard InChI is InChI=1S/C10H8FN3OS.H2O/c11-7-3-1-2-4-8(7)13-9(15)14-10-12-5-6-16-10;/h1-6H,(H2,12,13,14,15);1H2. The molecule has 0 saturated carbocycles. The lowest BCUT2D eigenvalue weighted by Gasteiger charge is -2.05. The number of amides is 2. The van der Waals surface area contributed by atoms with Gasteiger partial charge in [0, 0.05) is 11.6 Å². The van der Waals surface area contributed by atoms with Crippen LogP contribution in [0, 0.1) is 5.82 Å². The van der Waals surface area contributed by atoms with Crippen molar-refractivity contribution in [2.75, 3.05) is 10.6 Å². The van der Waals surface area contributed by atoms with Crippen LogP contribution in [0.4, 0.5) is 20.0 Å². The molecule has 0 unspecified atom stereocenters. The number of thiazole rings is 1. The predicted molar refractivity (Wildman–Crippen MR) is 64.8 cm³/mol. The molecule has 2 amide bonds. The highest BCUT2D eigenvalue weighted by Gasteiger charge is 2.06. The first-order valence-electron chi connectivity index (χ1n) is 4.48. The van der Waals surface area contributed by atoms with Crippen molar-refractivity contribution in [1.29, 1.82) is 0 Å². The Hall–Kier alpha value is -1.99. The summed E-state index contributed by atoms with van der Waals surface area (Å²) in [4.78, 5) is 15.3.